The Hall–Kier alpha value is -0.570. The summed E-state index contributed by atoms with van der Waals surface area (Å²) in [5, 5.41) is 11.3. The van der Waals surface area contributed by atoms with Gasteiger partial charge in [-0.25, -0.2) is 0 Å². The van der Waals surface area contributed by atoms with E-state index < -0.39 is 5.97 Å². The molecule has 46 valence electrons. The fourth-order valence-electron chi connectivity index (χ4n) is 0.773. The predicted octanol–water partition coefficient (Wildman–Crippen LogP) is -0.321. The van der Waals surface area contributed by atoms with Crippen molar-refractivity contribution < 1.29 is 9.90 Å². The van der Waals surface area contributed by atoms with Crippen LogP contribution in [0.4, 0.5) is 0 Å². The van der Waals surface area contributed by atoms with Crippen LogP contribution >= 0.6 is 0 Å². The van der Waals surface area contributed by atoms with E-state index in [1.807, 2.05) is 6.92 Å². The van der Waals surface area contributed by atoms with Crippen molar-refractivity contribution >= 4 is 5.97 Å². The van der Waals surface area contributed by atoms with Gasteiger partial charge >= 0.3 is 5.97 Å². The highest BCUT2D eigenvalue weighted by Gasteiger charge is 2.31. The number of nitrogens with one attached hydrogen (secondary N) is 1. The van der Waals surface area contributed by atoms with Crippen molar-refractivity contribution in [2.45, 2.75) is 13.0 Å². The fraction of sp³-hybridized carbons (Fsp3) is 0.800. The molecule has 0 aliphatic carbocycles. The number of rotatable bonds is 1. The van der Waals surface area contributed by atoms with Gasteiger partial charge in [-0.15, -0.1) is 0 Å². The zero-order valence-corrected chi connectivity index (χ0v) is 4.72. The van der Waals surface area contributed by atoms with Crippen LogP contribution in [-0.4, -0.2) is 23.7 Å². The Bertz CT molecular complexity index is 113. The summed E-state index contributed by atoms with van der Waals surface area (Å²) in [6.45, 7) is 2.51. The number of carboxylic acid groups (broad SMARTS) is 1. The zero-order valence-electron chi connectivity index (χ0n) is 4.72. The third kappa shape index (κ3) is 0.690. The highest BCUT2D eigenvalue weighted by Crippen LogP contribution is 2.11. The van der Waals surface area contributed by atoms with E-state index >= 15 is 0 Å². The molecule has 0 spiro atoms. The summed E-state index contributed by atoms with van der Waals surface area (Å²) in [4.78, 5) is 10.2. The molecule has 0 radical (unpaired) electrons. The van der Waals surface area contributed by atoms with Gasteiger partial charge in [0.2, 0.25) is 0 Å². The molecule has 8 heavy (non-hydrogen) atoms. The molecule has 1 heterocycles. The maximum Gasteiger partial charge on any atom is 0.309 e. The van der Waals surface area contributed by atoms with Crippen LogP contribution in [0.2, 0.25) is 0 Å². The van der Waals surface area contributed by atoms with Gasteiger partial charge in [0.1, 0.15) is 0 Å². The van der Waals surface area contributed by atoms with Gasteiger partial charge in [0.25, 0.3) is 0 Å². The van der Waals surface area contributed by atoms with Crippen LogP contribution < -0.4 is 5.32 Å². The van der Waals surface area contributed by atoms with E-state index in [0.29, 0.717) is 6.54 Å². The van der Waals surface area contributed by atoms with Crippen LogP contribution in [0.15, 0.2) is 0 Å². The molecule has 3 nitrogen and oxygen atoms in total. The normalized spacial score (nSPS) is 36.1. The lowest BCUT2D eigenvalue weighted by atomic mass is 9.94. The van der Waals surface area contributed by atoms with Crippen molar-refractivity contribution in [3.05, 3.63) is 0 Å². The van der Waals surface area contributed by atoms with Crippen molar-refractivity contribution in [2.75, 3.05) is 6.54 Å². The molecule has 1 saturated heterocycles. The van der Waals surface area contributed by atoms with Gasteiger partial charge in [-0.3, -0.25) is 4.79 Å². The molecule has 0 unspecified atom stereocenters. The second-order valence-corrected chi connectivity index (χ2v) is 2.14. The summed E-state index contributed by atoms with van der Waals surface area (Å²) in [5.74, 6) is -0.828. The molecule has 0 bridgehead atoms. The lowest BCUT2D eigenvalue weighted by molar-refractivity contribution is -0.145. The number of carbonyl (C=O) groups is 1. The molecule has 1 aliphatic rings. The van der Waals surface area contributed by atoms with E-state index in [2.05, 4.69) is 5.32 Å². The third-order valence-corrected chi connectivity index (χ3v) is 1.58. The van der Waals surface area contributed by atoms with Gasteiger partial charge in [-0.2, -0.15) is 0 Å². The molecular weight excluding hydrogens is 106 g/mol. The van der Waals surface area contributed by atoms with Gasteiger partial charge in [0, 0.05) is 12.6 Å². The minimum atomic E-state index is -0.684. The highest BCUT2D eigenvalue weighted by atomic mass is 16.4. The topological polar surface area (TPSA) is 49.3 Å². The Morgan fingerprint density at radius 3 is 2.50 bits per heavy atom. The Labute approximate surface area is 47.7 Å². The van der Waals surface area contributed by atoms with E-state index in [9.17, 15) is 4.79 Å². The SMILES string of the molecule is C[C@@H]1NC[C@H]1C(=O)O. The second kappa shape index (κ2) is 1.74. The van der Waals surface area contributed by atoms with Crippen molar-refractivity contribution in [1.29, 1.82) is 0 Å². The van der Waals surface area contributed by atoms with Gasteiger partial charge in [-0.1, -0.05) is 0 Å². The molecule has 0 aromatic rings. The van der Waals surface area contributed by atoms with Crippen LogP contribution in [-0.2, 0) is 4.79 Å². The van der Waals surface area contributed by atoms with E-state index in [4.69, 9.17) is 5.11 Å². The average molecular weight is 115 g/mol. The monoisotopic (exact) mass is 115 g/mol. The van der Waals surface area contributed by atoms with Gasteiger partial charge in [-0.05, 0) is 6.92 Å². The largest absolute Gasteiger partial charge is 0.481 e. The van der Waals surface area contributed by atoms with Crippen molar-refractivity contribution in [1.82, 2.24) is 5.32 Å². The standard InChI is InChI=1S/C5H9NO2/c1-3-4(2-6-3)5(7)8/h3-4,6H,2H2,1H3,(H,7,8)/t3-,4+/m0/s1. The summed E-state index contributed by atoms with van der Waals surface area (Å²) in [5.41, 5.74) is 0. The maximum absolute atomic E-state index is 10.2. The summed E-state index contributed by atoms with van der Waals surface area (Å²) in [6.07, 6.45) is 0. The minimum absolute atomic E-state index is 0.144. The molecule has 0 amide bonds. The lowest BCUT2D eigenvalue weighted by Gasteiger charge is -2.31. The molecule has 1 aliphatic heterocycles. The first-order valence-electron chi connectivity index (χ1n) is 2.68. The van der Waals surface area contributed by atoms with Crippen LogP contribution in [0.3, 0.4) is 0 Å². The summed E-state index contributed by atoms with van der Waals surface area (Å²) < 4.78 is 0. The first-order valence-corrected chi connectivity index (χ1v) is 2.68. The molecule has 1 rings (SSSR count). The number of hydrogen-bond acceptors (Lipinski definition) is 2. The molecule has 0 saturated carbocycles. The summed E-state index contributed by atoms with van der Waals surface area (Å²) in [6, 6.07) is 0.174. The van der Waals surface area contributed by atoms with Crippen LogP contribution in [0, 0.1) is 5.92 Å². The minimum Gasteiger partial charge on any atom is -0.481 e. The van der Waals surface area contributed by atoms with Gasteiger partial charge in [0.15, 0.2) is 0 Å². The maximum atomic E-state index is 10.2. The third-order valence-electron chi connectivity index (χ3n) is 1.58. The van der Waals surface area contributed by atoms with Crippen LogP contribution in [0.5, 0.6) is 0 Å². The Kier molecular flexibility index (Phi) is 1.21. The molecule has 1 fully saturated rings. The Morgan fingerprint density at radius 1 is 1.88 bits per heavy atom. The Balaban J connectivity index is 2.37. The van der Waals surface area contributed by atoms with Crippen LogP contribution in [0.1, 0.15) is 6.92 Å². The Morgan fingerprint density at radius 2 is 2.50 bits per heavy atom. The summed E-state index contributed by atoms with van der Waals surface area (Å²) >= 11 is 0. The average Bonchev–Trinajstić information content (AvgIpc) is 1.61. The van der Waals surface area contributed by atoms with Crippen molar-refractivity contribution in [3.63, 3.8) is 0 Å². The fourth-order valence-corrected chi connectivity index (χ4v) is 0.773. The number of aliphatic carboxylic acids is 1. The molecule has 0 aromatic carbocycles. The van der Waals surface area contributed by atoms with Crippen molar-refractivity contribution in [2.24, 2.45) is 5.92 Å². The van der Waals surface area contributed by atoms with E-state index in [1.54, 1.807) is 0 Å². The first-order chi connectivity index (χ1) is 3.72. The number of carboxylic acids is 1. The predicted molar refractivity (Wildman–Crippen MR) is 28.6 cm³/mol. The van der Waals surface area contributed by atoms with Crippen LogP contribution in [0.25, 0.3) is 0 Å². The van der Waals surface area contributed by atoms with E-state index in [1.165, 1.54) is 0 Å². The van der Waals surface area contributed by atoms with Gasteiger partial charge in [0.05, 0.1) is 5.92 Å². The summed E-state index contributed by atoms with van der Waals surface area (Å²) in [7, 11) is 0. The molecule has 2 atom stereocenters. The zero-order chi connectivity index (χ0) is 6.15. The smallest absolute Gasteiger partial charge is 0.309 e. The second-order valence-electron chi connectivity index (χ2n) is 2.14. The highest BCUT2D eigenvalue weighted by molar-refractivity contribution is 5.72. The van der Waals surface area contributed by atoms with Gasteiger partial charge < -0.3 is 10.4 Å². The molecule has 3 heteroatoms. The quantitative estimate of drug-likeness (QED) is 0.492. The number of hydrogen-bond donors (Lipinski definition) is 2. The van der Waals surface area contributed by atoms with Crippen molar-refractivity contribution in [3.8, 4) is 0 Å². The van der Waals surface area contributed by atoms with E-state index in [0.717, 1.165) is 0 Å². The molecule has 2 N–H and O–H groups in total. The lowest BCUT2D eigenvalue weighted by Crippen LogP contribution is -2.54. The molecular formula is C5H9NO2. The first kappa shape index (κ1) is 5.56. The molecule has 0 aromatic heterocycles. The van der Waals surface area contributed by atoms with E-state index in [-0.39, 0.29) is 12.0 Å².